The minimum atomic E-state index is 1.23. The van der Waals surface area contributed by atoms with E-state index in [1.807, 2.05) is 0 Å². The molecule has 0 fully saturated rings. The van der Waals surface area contributed by atoms with Gasteiger partial charge in [0.2, 0.25) is 0 Å². The van der Waals surface area contributed by atoms with Crippen LogP contribution in [0.25, 0.3) is 0 Å². The van der Waals surface area contributed by atoms with Gasteiger partial charge in [0.1, 0.15) is 0 Å². The third-order valence-corrected chi connectivity index (χ3v) is 2.30. The summed E-state index contributed by atoms with van der Waals surface area (Å²) in [6, 6.07) is 0. The molecule has 0 nitrogen and oxygen atoms in total. The maximum absolute atomic E-state index is 2.28. The summed E-state index contributed by atoms with van der Waals surface area (Å²) < 4.78 is 1.62. The molecule has 0 amide bonds. The van der Waals surface area contributed by atoms with Crippen molar-refractivity contribution < 1.29 is 24.4 Å². The summed E-state index contributed by atoms with van der Waals surface area (Å²) in [7, 11) is 0. The fraction of sp³-hybridized carbons (Fsp3) is 0.333. The minimum absolute atomic E-state index is 1.23. The fourth-order valence-electron chi connectivity index (χ4n) is 0.664. The molecular formula is C6H7Hf. The molecule has 0 radical (unpaired) electrons. The van der Waals surface area contributed by atoms with Gasteiger partial charge < -0.3 is 0 Å². The van der Waals surface area contributed by atoms with Crippen LogP contribution in [0.15, 0.2) is 21.1 Å². The number of hydrogen-bond acceptors (Lipinski definition) is 0. The van der Waals surface area contributed by atoms with Crippen LogP contribution < -0.4 is 0 Å². The molecule has 0 aliphatic heterocycles. The van der Waals surface area contributed by atoms with Crippen LogP contribution in [0, 0.1) is 0 Å². The van der Waals surface area contributed by atoms with E-state index in [1.54, 1.807) is 3.33 Å². The second-order valence-corrected chi connectivity index (χ2v) is 4.13. The summed E-state index contributed by atoms with van der Waals surface area (Å²) in [5.41, 5.74) is 1.45. The van der Waals surface area contributed by atoms with E-state index >= 15 is 0 Å². The molecule has 0 saturated heterocycles. The van der Waals surface area contributed by atoms with Gasteiger partial charge in [0.05, 0.1) is 0 Å². The summed E-state index contributed by atoms with van der Waals surface area (Å²) in [6.45, 7) is 2.16. The van der Waals surface area contributed by atoms with Crippen LogP contribution in [-0.4, -0.2) is 0 Å². The van der Waals surface area contributed by atoms with Gasteiger partial charge in [0, 0.05) is 0 Å². The van der Waals surface area contributed by atoms with Gasteiger partial charge in [0.25, 0.3) is 0 Å². The van der Waals surface area contributed by atoms with Crippen molar-refractivity contribution in [3.63, 3.8) is 0 Å². The average Bonchev–Trinajstić information content (AvgIpc) is 1.87. The van der Waals surface area contributed by atoms with Crippen molar-refractivity contribution in [1.29, 1.82) is 0 Å². The SMILES string of the molecule is CC1=CC[C]([Hf])=C1. The van der Waals surface area contributed by atoms with E-state index in [4.69, 9.17) is 0 Å². The molecule has 0 aromatic rings. The van der Waals surface area contributed by atoms with E-state index in [2.05, 4.69) is 19.1 Å². The van der Waals surface area contributed by atoms with Crippen molar-refractivity contribution in [3.05, 3.63) is 21.1 Å². The molecule has 1 aliphatic rings. The van der Waals surface area contributed by atoms with Crippen molar-refractivity contribution in [2.45, 2.75) is 13.3 Å². The zero-order valence-corrected chi connectivity index (χ0v) is 7.95. The molecular weight excluding hydrogens is 251 g/mol. The summed E-state index contributed by atoms with van der Waals surface area (Å²) in [6.07, 6.45) is 5.80. The molecule has 0 aromatic carbocycles. The Morgan fingerprint density at radius 1 is 1.71 bits per heavy atom. The first-order valence-corrected chi connectivity index (χ1v) is 4.17. The second-order valence-electron chi connectivity index (χ2n) is 1.82. The standard InChI is InChI=1S/C6H7.Hf/c1-6-4-2-3-5-6;/h4-5H,2H2,1H3;. The molecule has 0 spiro atoms. The van der Waals surface area contributed by atoms with E-state index in [0.717, 1.165) is 0 Å². The van der Waals surface area contributed by atoms with Crippen LogP contribution >= 0.6 is 0 Å². The Kier molecular flexibility index (Phi) is 1.63. The van der Waals surface area contributed by atoms with Gasteiger partial charge in [-0.2, -0.15) is 0 Å². The Balaban J connectivity index is 2.69. The van der Waals surface area contributed by atoms with Crippen molar-refractivity contribution in [1.82, 2.24) is 0 Å². The van der Waals surface area contributed by atoms with Crippen LogP contribution in [-0.2, 0) is 24.4 Å². The number of hydrogen-bond donors (Lipinski definition) is 0. The molecule has 1 heteroatoms. The molecule has 1 rings (SSSR count). The third-order valence-electron chi connectivity index (χ3n) is 1.05. The molecule has 7 heavy (non-hydrogen) atoms. The normalized spacial score (nSPS) is 18.9. The molecule has 1 aliphatic carbocycles. The van der Waals surface area contributed by atoms with Crippen LogP contribution in [0.3, 0.4) is 0 Å². The monoisotopic (exact) mass is 259 g/mol. The summed E-state index contributed by atoms with van der Waals surface area (Å²) in [4.78, 5) is 0. The van der Waals surface area contributed by atoms with Crippen molar-refractivity contribution in [2.75, 3.05) is 0 Å². The van der Waals surface area contributed by atoms with Crippen LogP contribution in [0.5, 0.6) is 0 Å². The molecule has 0 unspecified atom stereocenters. The predicted octanol–water partition coefficient (Wildman–Crippen LogP) is 1.77. The third kappa shape index (κ3) is 1.37. The van der Waals surface area contributed by atoms with Crippen molar-refractivity contribution >= 4 is 0 Å². The zero-order valence-electron chi connectivity index (χ0n) is 4.36. The molecule has 0 atom stereocenters. The first kappa shape index (κ1) is 5.49. The van der Waals surface area contributed by atoms with Gasteiger partial charge in [-0.3, -0.25) is 0 Å². The maximum atomic E-state index is 2.28. The van der Waals surface area contributed by atoms with Gasteiger partial charge in [-0.1, -0.05) is 0 Å². The summed E-state index contributed by atoms with van der Waals surface area (Å²) >= 11 is 1.25. The first-order chi connectivity index (χ1) is 3.29. The van der Waals surface area contributed by atoms with Crippen molar-refractivity contribution in [3.8, 4) is 0 Å². The van der Waals surface area contributed by atoms with E-state index in [1.165, 1.54) is 36.4 Å². The van der Waals surface area contributed by atoms with E-state index in [-0.39, 0.29) is 0 Å². The molecule has 0 N–H and O–H groups in total. The Hall–Kier alpha value is 0.350. The molecule has 0 saturated carbocycles. The number of rotatable bonds is 0. The summed E-state index contributed by atoms with van der Waals surface area (Å²) in [5, 5.41) is 0. The average molecular weight is 258 g/mol. The van der Waals surface area contributed by atoms with Gasteiger partial charge in [-0.15, -0.1) is 0 Å². The Morgan fingerprint density at radius 3 is 2.57 bits per heavy atom. The molecule has 35 valence electrons. The molecule has 0 bridgehead atoms. The Labute approximate surface area is 58.9 Å². The molecule has 0 aromatic heterocycles. The summed E-state index contributed by atoms with van der Waals surface area (Å²) in [5.74, 6) is 0. The van der Waals surface area contributed by atoms with Crippen LogP contribution in [0.1, 0.15) is 13.3 Å². The quantitative estimate of drug-likeness (QED) is 0.580. The Morgan fingerprint density at radius 2 is 2.43 bits per heavy atom. The van der Waals surface area contributed by atoms with Crippen LogP contribution in [0.4, 0.5) is 0 Å². The van der Waals surface area contributed by atoms with Gasteiger partial charge in [-0.05, 0) is 0 Å². The fourth-order valence-corrected chi connectivity index (χ4v) is 1.85. The first-order valence-electron chi connectivity index (χ1n) is 2.38. The second kappa shape index (κ2) is 2.08. The van der Waals surface area contributed by atoms with Crippen LogP contribution in [0.2, 0.25) is 0 Å². The Bertz CT molecular complexity index is 131. The van der Waals surface area contributed by atoms with Gasteiger partial charge in [-0.25, -0.2) is 0 Å². The number of allylic oxidation sites excluding steroid dienone is 4. The predicted molar refractivity (Wildman–Crippen MR) is 26.5 cm³/mol. The van der Waals surface area contributed by atoms with E-state index < -0.39 is 0 Å². The van der Waals surface area contributed by atoms with Gasteiger partial charge in [0.15, 0.2) is 0 Å². The van der Waals surface area contributed by atoms with E-state index in [0.29, 0.717) is 0 Å². The topological polar surface area (TPSA) is 0 Å². The zero-order chi connectivity index (χ0) is 5.28. The van der Waals surface area contributed by atoms with Crippen molar-refractivity contribution in [2.24, 2.45) is 0 Å². The van der Waals surface area contributed by atoms with Gasteiger partial charge >= 0.3 is 58.8 Å². The molecule has 0 heterocycles. The van der Waals surface area contributed by atoms with E-state index in [9.17, 15) is 0 Å².